The highest BCUT2D eigenvalue weighted by molar-refractivity contribution is 9.09. The van der Waals surface area contributed by atoms with E-state index in [0.717, 1.165) is 6.42 Å². The molecule has 16 heavy (non-hydrogen) atoms. The fraction of sp³-hybridized carbons (Fsp3) is 0.900. The van der Waals surface area contributed by atoms with Crippen molar-refractivity contribution in [1.82, 2.24) is 0 Å². The number of hydrogen-bond acceptors (Lipinski definition) is 3. The minimum Gasteiger partial charge on any atom is -0.450 e. The summed E-state index contributed by atoms with van der Waals surface area (Å²) in [6, 6.07) is 0. The minimum absolute atomic E-state index is 0.167. The molecular weight excluding hydrogens is 280 g/mol. The van der Waals surface area contributed by atoms with Gasteiger partial charge < -0.3 is 19.7 Å². The molecule has 0 amide bonds. The number of carboxylic acid groups (broad SMARTS) is 2. The Morgan fingerprint density at radius 3 is 1.81 bits per heavy atom. The van der Waals surface area contributed by atoms with Crippen molar-refractivity contribution in [1.29, 1.82) is 0 Å². The summed E-state index contributed by atoms with van der Waals surface area (Å²) in [5.74, 6) is 0. The van der Waals surface area contributed by atoms with Crippen LogP contribution < -0.4 is 0 Å². The van der Waals surface area contributed by atoms with Crippen molar-refractivity contribution in [2.45, 2.75) is 38.3 Å². The van der Waals surface area contributed by atoms with Crippen LogP contribution in [0.2, 0.25) is 0 Å². The van der Waals surface area contributed by atoms with Gasteiger partial charge in [-0.15, -0.1) is 0 Å². The van der Waals surface area contributed by atoms with Crippen LogP contribution in [-0.4, -0.2) is 41.7 Å². The maximum atomic E-state index is 8.56. The zero-order valence-electron chi connectivity index (χ0n) is 10.4. The van der Waals surface area contributed by atoms with Crippen LogP contribution in [0.4, 0.5) is 4.79 Å². The number of rotatable bonds is 5. The van der Waals surface area contributed by atoms with E-state index in [2.05, 4.69) is 36.7 Å². The van der Waals surface area contributed by atoms with Crippen LogP contribution in [0.3, 0.4) is 0 Å². The third-order valence-corrected chi connectivity index (χ3v) is 4.03. The fourth-order valence-electron chi connectivity index (χ4n) is 0.899. The first kappa shape index (κ1) is 18.0. The van der Waals surface area contributed by atoms with Crippen molar-refractivity contribution in [2.24, 2.45) is 5.41 Å². The predicted octanol–water partition coefficient (Wildman–Crippen LogP) is 3.03. The van der Waals surface area contributed by atoms with E-state index in [9.17, 15) is 0 Å². The third kappa shape index (κ3) is 7.90. The second-order valence-electron chi connectivity index (χ2n) is 3.87. The molecule has 6 heteroatoms. The Labute approximate surface area is 105 Å². The van der Waals surface area contributed by atoms with Gasteiger partial charge in [0, 0.05) is 14.2 Å². The Morgan fingerprint density at radius 2 is 1.62 bits per heavy atom. The zero-order chi connectivity index (χ0) is 13.4. The van der Waals surface area contributed by atoms with E-state index in [1.807, 2.05) is 0 Å². The van der Waals surface area contributed by atoms with E-state index in [-0.39, 0.29) is 16.5 Å². The molecule has 2 N–H and O–H groups in total. The summed E-state index contributed by atoms with van der Waals surface area (Å²) in [6.07, 6.45) is -0.911. The molecule has 0 fully saturated rings. The van der Waals surface area contributed by atoms with Gasteiger partial charge in [0.05, 0.1) is 4.83 Å². The van der Waals surface area contributed by atoms with Gasteiger partial charge in [-0.05, 0) is 11.8 Å². The first-order valence-corrected chi connectivity index (χ1v) is 5.76. The van der Waals surface area contributed by atoms with E-state index >= 15 is 0 Å². The minimum atomic E-state index is -1.83. The number of hydrogen-bond donors (Lipinski definition) is 2. The maximum Gasteiger partial charge on any atom is 0.503 e. The molecule has 0 bridgehead atoms. The van der Waals surface area contributed by atoms with Gasteiger partial charge in [0.2, 0.25) is 0 Å². The molecule has 1 unspecified atom stereocenters. The van der Waals surface area contributed by atoms with Gasteiger partial charge in [0.1, 0.15) is 0 Å². The highest BCUT2D eigenvalue weighted by atomic mass is 79.9. The van der Waals surface area contributed by atoms with Gasteiger partial charge in [-0.1, -0.05) is 36.7 Å². The number of carbonyl (C=O) groups is 1. The van der Waals surface area contributed by atoms with Gasteiger partial charge in [-0.3, -0.25) is 0 Å². The maximum absolute atomic E-state index is 8.56. The molecule has 0 saturated heterocycles. The summed E-state index contributed by atoms with van der Waals surface area (Å²) >= 11 is 3.60. The van der Waals surface area contributed by atoms with E-state index in [0.29, 0.717) is 0 Å². The highest BCUT2D eigenvalue weighted by Gasteiger charge is 2.32. The number of ether oxygens (including phenoxy) is 2. The number of alkyl halides is 1. The molecule has 0 aromatic carbocycles. The quantitative estimate of drug-likeness (QED) is 0.603. The van der Waals surface area contributed by atoms with Gasteiger partial charge in [0.25, 0.3) is 0 Å². The smallest absolute Gasteiger partial charge is 0.450 e. The molecule has 98 valence electrons. The Balaban J connectivity index is 0. The highest BCUT2D eigenvalue weighted by Crippen LogP contribution is 2.33. The molecule has 1 atom stereocenters. The second kappa shape index (κ2) is 8.78. The lowest BCUT2D eigenvalue weighted by Gasteiger charge is -2.33. The molecule has 0 aliphatic rings. The first-order valence-electron chi connectivity index (χ1n) is 4.84. The van der Waals surface area contributed by atoms with Crippen molar-refractivity contribution in [3.05, 3.63) is 0 Å². The summed E-state index contributed by atoms with van der Waals surface area (Å²) in [6.45, 7) is 6.55. The lowest BCUT2D eigenvalue weighted by molar-refractivity contribution is -0.115. The second-order valence-corrected chi connectivity index (χ2v) is 4.85. The third-order valence-electron chi connectivity index (χ3n) is 2.36. The summed E-state index contributed by atoms with van der Waals surface area (Å²) in [5, 5.41) is 13.9. The molecule has 0 spiro atoms. The molecule has 0 radical (unpaired) electrons. The molecular formula is C10H21BrO5. The molecule has 0 heterocycles. The first-order chi connectivity index (χ1) is 7.22. The van der Waals surface area contributed by atoms with E-state index in [1.165, 1.54) is 0 Å². The molecule has 0 aromatic rings. The summed E-state index contributed by atoms with van der Waals surface area (Å²) in [4.78, 5) is 8.78. The topological polar surface area (TPSA) is 76.0 Å². The van der Waals surface area contributed by atoms with Crippen molar-refractivity contribution < 1.29 is 24.5 Å². The van der Waals surface area contributed by atoms with E-state index in [4.69, 9.17) is 24.5 Å². The summed E-state index contributed by atoms with van der Waals surface area (Å²) in [5.41, 5.74) is 0.191. The van der Waals surface area contributed by atoms with Crippen LogP contribution >= 0.6 is 15.9 Å². The van der Waals surface area contributed by atoms with Crippen LogP contribution in [0.15, 0.2) is 0 Å². The van der Waals surface area contributed by atoms with Crippen LogP contribution in [0.5, 0.6) is 0 Å². The van der Waals surface area contributed by atoms with Gasteiger partial charge in [-0.25, -0.2) is 4.79 Å². The Bertz CT molecular complexity index is 188. The average Bonchev–Trinajstić information content (AvgIpc) is 2.18. The lowest BCUT2D eigenvalue weighted by atomic mass is 9.86. The monoisotopic (exact) mass is 300 g/mol. The van der Waals surface area contributed by atoms with E-state index < -0.39 is 6.16 Å². The van der Waals surface area contributed by atoms with Crippen LogP contribution in [0, 0.1) is 5.41 Å². The fourth-order valence-corrected chi connectivity index (χ4v) is 1.65. The summed E-state index contributed by atoms with van der Waals surface area (Å²) < 4.78 is 10.4. The van der Waals surface area contributed by atoms with Gasteiger partial charge >= 0.3 is 6.16 Å². The van der Waals surface area contributed by atoms with Crippen molar-refractivity contribution in [3.63, 3.8) is 0 Å². The molecule has 0 aliphatic carbocycles. The predicted molar refractivity (Wildman–Crippen MR) is 65.2 cm³/mol. The van der Waals surface area contributed by atoms with Crippen molar-refractivity contribution in [2.75, 3.05) is 14.2 Å². The van der Waals surface area contributed by atoms with Gasteiger partial charge in [-0.2, -0.15) is 0 Å². The van der Waals surface area contributed by atoms with Gasteiger partial charge in [0.15, 0.2) is 6.29 Å². The van der Waals surface area contributed by atoms with Crippen molar-refractivity contribution >= 4 is 22.1 Å². The molecule has 0 aromatic heterocycles. The molecule has 0 saturated carbocycles. The Hall–Kier alpha value is -0.330. The average molecular weight is 301 g/mol. The lowest BCUT2D eigenvalue weighted by Crippen LogP contribution is -2.36. The normalized spacial score (nSPS) is 12.9. The number of halogens is 1. The largest absolute Gasteiger partial charge is 0.503 e. The Morgan fingerprint density at radius 1 is 1.31 bits per heavy atom. The van der Waals surface area contributed by atoms with Crippen molar-refractivity contribution in [3.8, 4) is 0 Å². The van der Waals surface area contributed by atoms with Crippen LogP contribution in [-0.2, 0) is 9.47 Å². The Kier molecular flexibility index (Phi) is 9.90. The SMILES string of the molecule is CCC(C)(C)C(Br)C(OC)OC.O=C(O)O. The molecule has 5 nitrogen and oxygen atoms in total. The van der Waals surface area contributed by atoms with E-state index in [1.54, 1.807) is 14.2 Å². The van der Waals surface area contributed by atoms with Crippen LogP contribution in [0.1, 0.15) is 27.2 Å². The zero-order valence-corrected chi connectivity index (χ0v) is 11.9. The molecule has 0 rings (SSSR count). The standard InChI is InChI=1S/C9H19BrO2.CH2O3/c1-6-9(2,3)7(10)8(11-4)12-5;2-1(3)4/h7-8H,6H2,1-5H3;(H2,2,3,4). The summed E-state index contributed by atoms with van der Waals surface area (Å²) in [7, 11) is 3.32. The van der Waals surface area contributed by atoms with Crippen LogP contribution in [0.25, 0.3) is 0 Å². The molecule has 0 aliphatic heterocycles. The number of methoxy groups -OCH3 is 2.